The second kappa shape index (κ2) is 7.81. The van der Waals surface area contributed by atoms with E-state index < -0.39 is 5.97 Å². The molecule has 0 saturated carbocycles. The molecule has 1 N–H and O–H groups in total. The van der Waals surface area contributed by atoms with Crippen LogP contribution >= 0.6 is 0 Å². The van der Waals surface area contributed by atoms with Crippen LogP contribution in [0.25, 0.3) is 0 Å². The first-order valence-corrected chi connectivity index (χ1v) is 7.88. The lowest BCUT2D eigenvalue weighted by Gasteiger charge is -2.33. The Bertz CT molecular complexity index is 613. The average Bonchev–Trinajstić information content (AvgIpc) is 2.61. The summed E-state index contributed by atoms with van der Waals surface area (Å²) in [5.74, 6) is -0.766. The topological polar surface area (TPSA) is 79.0 Å². The van der Waals surface area contributed by atoms with Gasteiger partial charge in [-0.15, -0.1) is 0 Å². The smallest absolute Gasteiger partial charge is 0.337 e. The molecule has 0 unspecified atom stereocenters. The number of urea groups is 1. The molecule has 24 heavy (non-hydrogen) atoms. The molecule has 7 heteroatoms. The zero-order valence-electron chi connectivity index (χ0n) is 14.2. The van der Waals surface area contributed by atoms with Crippen molar-refractivity contribution in [2.75, 3.05) is 39.6 Å². The highest BCUT2D eigenvalue weighted by atomic mass is 16.5. The number of ether oxygens (including phenoxy) is 1. The highest BCUT2D eigenvalue weighted by Crippen LogP contribution is 2.20. The van der Waals surface area contributed by atoms with Gasteiger partial charge in [0.1, 0.15) is 0 Å². The van der Waals surface area contributed by atoms with Crippen molar-refractivity contribution in [2.45, 2.75) is 12.8 Å². The van der Waals surface area contributed by atoms with E-state index >= 15 is 0 Å². The van der Waals surface area contributed by atoms with Gasteiger partial charge in [-0.05, 0) is 37.1 Å². The van der Waals surface area contributed by atoms with Crippen LogP contribution in [0.3, 0.4) is 0 Å². The number of hydrogen-bond donors (Lipinski definition) is 1. The zero-order valence-corrected chi connectivity index (χ0v) is 14.2. The number of esters is 1. The van der Waals surface area contributed by atoms with Gasteiger partial charge in [-0.25, -0.2) is 9.59 Å². The molecule has 130 valence electrons. The highest BCUT2D eigenvalue weighted by molar-refractivity contribution is 5.94. The number of methoxy groups -OCH3 is 1. The number of carbonyl (C=O) groups excluding carboxylic acids is 3. The summed E-state index contributed by atoms with van der Waals surface area (Å²) in [6, 6.07) is 6.45. The monoisotopic (exact) mass is 333 g/mol. The van der Waals surface area contributed by atoms with E-state index in [-0.39, 0.29) is 17.9 Å². The largest absolute Gasteiger partial charge is 0.465 e. The number of carbonyl (C=O) groups is 3. The molecular weight excluding hydrogens is 310 g/mol. The molecule has 0 radical (unpaired) electrons. The van der Waals surface area contributed by atoms with E-state index in [9.17, 15) is 14.4 Å². The van der Waals surface area contributed by atoms with Crippen LogP contribution in [0.5, 0.6) is 0 Å². The molecule has 1 aromatic carbocycles. The molecule has 1 saturated heterocycles. The van der Waals surface area contributed by atoms with Crippen LogP contribution in [0.1, 0.15) is 23.2 Å². The summed E-state index contributed by atoms with van der Waals surface area (Å²) in [4.78, 5) is 39.1. The van der Waals surface area contributed by atoms with E-state index in [0.29, 0.717) is 24.3 Å². The van der Waals surface area contributed by atoms with E-state index in [2.05, 4.69) is 10.1 Å². The van der Waals surface area contributed by atoms with E-state index in [1.807, 2.05) is 0 Å². The van der Waals surface area contributed by atoms with Crippen LogP contribution in [-0.4, -0.2) is 62.0 Å². The third-order valence-electron chi connectivity index (χ3n) is 4.02. The lowest BCUT2D eigenvalue weighted by atomic mass is 9.97. The Morgan fingerprint density at radius 3 is 2.46 bits per heavy atom. The van der Waals surface area contributed by atoms with Gasteiger partial charge >= 0.3 is 12.0 Å². The van der Waals surface area contributed by atoms with Crippen molar-refractivity contribution in [3.8, 4) is 0 Å². The van der Waals surface area contributed by atoms with E-state index in [4.69, 9.17) is 0 Å². The molecule has 0 spiro atoms. The quantitative estimate of drug-likeness (QED) is 0.856. The minimum atomic E-state index is -0.419. The fourth-order valence-electron chi connectivity index (χ4n) is 2.70. The molecule has 1 heterocycles. The number of rotatable bonds is 3. The summed E-state index contributed by atoms with van der Waals surface area (Å²) in [6.45, 7) is 1.09. The fraction of sp³-hybridized carbons (Fsp3) is 0.471. The van der Waals surface area contributed by atoms with Crippen molar-refractivity contribution in [1.29, 1.82) is 0 Å². The van der Waals surface area contributed by atoms with E-state index in [0.717, 1.165) is 12.8 Å². The Hall–Kier alpha value is -2.57. The van der Waals surface area contributed by atoms with Gasteiger partial charge in [0.25, 0.3) is 0 Å². The van der Waals surface area contributed by atoms with Crippen LogP contribution in [0.4, 0.5) is 10.5 Å². The van der Waals surface area contributed by atoms with E-state index in [1.165, 1.54) is 12.0 Å². The van der Waals surface area contributed by atoms with Gasteiger partial charge in [-0.3, -0.25) is 4.79 Å². The highest BCUT2D eigenvalue weighted by Gasteiger charge is 2.29. The van der Waals surface area contributed by atoms with Crippen LogP contribution in [0, 0.1) is 5.92 Å². The number of anilines is 1. The fourth-order valence-corrected chi connectivity index (χ4v) is 2.70. The van der Waals surface area contributed by atoms with Crippen molar-refractivity contribution in [1.82, 2.24) is 9.80 Å². The van der Waals surface area contributed by atoms with Crippen molar-refractivity contribution in [2.24, 2.45) is 5.92 Å². The Morgan fingerprint density at radius 2 is 1.88 bits per heavy atom. The van der Waals surface area contributed by atoms with Gasteiger partial charge in [-0.2, -0.15) is 0 Å². The molecule has 1 fully saturated rings. The Morgan fingerprint density at radius 1 is 1.21 bits per heavy atom. The van der Waals surface area contributed by atoms with Crippen LogP contribution in [0.15, 0.2) is 24.3 Å². The molecule has 1 aliphatic rings. The average molecular weight is 333 g/mol. The number of nitrogens with one attached hydrogen (secondary N) is 1. The standard InChI is InChI=1S/C17H23N3O4/c1-19(2)17(23)20-10-4-5-13(11-20)15(21)18-14-8-6-12(7-9-14)16(22)24-3/h6-9,13H,4-5,10-11H2,1-3H3,(H,18,21)/t13-/m1/s1. The van der Waals surface area contributed by atoms with Gasteiger partial charge in [0.2, 0.25) is 5.91 Å². The second-order valence-corrected chi connectivity index (χ2v) is 6.02. The minimum absolute atomic E-state index is 0.0741. The maximum Gasteiger partial charge on any atom is 0.337 e. The van der Waals surface area contributed by atoms with Crippen molar-refractivity contribution in [3.05, 3.63) is 29.8 Å². The Labute approximate surface area is 141 Å². The van der Waals surface area contributed by atoms with Crippen molar-refractivity contribution in [3.63, 3.8) is 0 Å². The predicted octanol–water partition coefficient (Wildman–Crippen LogP) is 1.81. The summed E-state index contributed by atoms with van der Waals surface area (Å²) in [5, 5.41) is 2.84. The molecule has 3 amide bonds. The number of hydrogen-bond acceptors (Lipinski definition) is 4. The van der Waals surface area contributed by atoms with Crippen LogP contribution < -0.4 is 5.32 Å². The summed E-state index contributed by atoms with van der Waals surface area (Å²) in [6.07, 6.45) is 1.56. The number of amides is 3. The normalized spacial score (nSPS) is 17.1. The van der Waals surface area contributed by atoms with Gasteiger partial charge < -0.3 is 19.9 Å². The third kappa shape index (κ3) is 4.24. The lowest BCUT2D eigenvalue weighted by Crippen LogP contribution is -2.47. The predicted molar refractivity (Wildman–Crippen MR) is 89.8 cm³/mol. The maximum absolute atomic E-state index is 12.4. The molecule has 1 aliphatic heterocycles. The number of benzene rings is 1. The van der Waals surface area contributed by atoms with Gasteiger partial charge in [0.15, 0.2) is 0 Å². The lowest BCUT2D eigenvalue weighted by molar-refractivity contribution is -0.121. The van der Waals surface area contributed by atoms with Crippen molar-refractivity contribution < 1.29 is 19.1 Å². The summed E-state index contributed by atoms with van der Waals surface area (Å²) in [5.41, 5.74) is 1.04. The first kappa shape index (κ1) is 17.8. The third-order valence-corrected chi connectivity index (χ3v) is 4.02. The number of nitrogens with zero attached hydrogens (tertiary/aromatic N) is 2. The Balaban J connectivity index is 1.96. The zero-order chi connectivity index (χ0) is 17.7. The molecule has 0 aliphatic carbocycles. The molecule has 1 atom stereocenters. The van der Waals surface area contributed by atoms with Crippen molar-refractivity contribution >= 4 is 23.6 Å². The van der Waals surface area contributed by atoms with Gasteiger partial charge in [0, 0.05) is 32.9 Å². The number of piperidine rings is 1. The first-order chi connectivity index (χ1) is 11.4. The maximum atomic E-state index is 12.4. The molecule has 7 nitrogen and oxygen atoms in total. The van der Waals surface area contributed by atoms with Gasteiger partial charge in [-0.1, -0.05) is 0 Å². The minimum Gasteiger partial charge on any atom is -0.465 e. The summed E-state index contributed by atoms with van der Waals surface area (Å²) in [7, 11) is 4.73. The number of likely N-dealkylation sites (tertiary alicyclic amines) is 1. The molecule has 0 aromatic heterocycles. The second-order valence-electron chi connectivity index (χ2n) is 6.02. The van der Waals surface area contributed by atoms with Gasteiger partial charge in [0.05, 0.1) is 18.6 Å². The molecule has 2 rings (SSSR count). The molecule has 0 bridgehead atoms. The SMILES string of the molecule is COC(=O)c1ccc(NC(=O)[C@@H]2CCCN(C(=O)N(C)C)C2)cc1. The Kier molecular flexibility index (Phi) is 5.78. The summed E-state index contributed by atoms with van der Waals surface area (Å²) >= 11 is 0. The van der Waals surface area contributed by atoms with Crippen LogP contribution in [-0.2, 0) is 9.53 Å². The van der Waals surface area contributed by atoms with Crippen LogP contribution in [0.2, 0.25) is 0 Å². The summed E-state index contributed by atoms with van der Waals surface area (Å²) < 4.78 is 4.64. The first-order valence-electron chi connectivity index (χ1n) is 7.88. The molecular formula is C17H23N3O4. The molecule has 1 aromatic rings. The van der Waals surface area contributed by atoms with E-state index in [1.54, 1.807) is 43.3 Å².